The number of rotatable bonds is 5. The molecule has 0 unspecified atom stereocenters. The molecule has 3 nitrogen and oxygen atoms in total. The van der Waals surface area contributed by atoms with Gasteiger partial charge in [-0.05, 0) is 24.1 Å². The van der Waals surface area contributed by atoms with Crippen molar-refractivity contribution in [1.82, 2.24) is 4.72 Å². The second-order valence-electron chi connectivity index (χ2n) is 4.43. The van der Waals surface area contributed by atoms with E-state index in [1.54, 1.807) is 31.2 Å². The summed E-state index contributed by atoms with van der Waals surface area (Å²) in [5, 5.41) is 0. The van der Waals surface area contributed by atoms with Crippen LogP contribution in [-0.2, 0) is 10.0 Å². The maximum absolute atomic E-state index is 12.1. The molecule has 20 heavy (non-hydrogen) atoms. The SMILES string of the molecule is Cc1ccccc1S(=O)(=O)NCC=Cc1ccccc1. The number of nitrogens with one attached hydrogen (secondary N) is 1. The molecule has 0 aliphatic rings. The molecule has 0 spiro atoms. The van der Waals surface area contributed by atoms with Gasteiger partial charge in [0.25, 0.3) is 0 Å². The molecule has 0 aliphatic heterocycles. The Labute approximate surface area is 120 Å². The van der Waals surface area contributed by atoms with Crippen LogP contribution < -0.4 is 4.72 Å². The number of hydrogen-bond acceptors (Lipinski definition) is 2. The molecule has 0 saturated carbocycles. The summed E-state index contributed by atoms with van der Waals surface area (Å²) in [6.45, 7) is 2.06. The van der Waals surface area contributed by atoms with Gasteiger partial charge in [-0.1, -0.05) is 60.7 Å². The Morgan fingerprint density at radius 3 is 2.35 bits per heavy atom. The molecule has 0 saturated heterocycles. The molecule has 0 aromatic heterocycles. The summed E-state index contributed by atoms with van der Waals surface area (Å²) >= 11 is 0. The molecule has 4 heteroatoms. The third kappa shape index (κ3) is 3.79. The van der Waals surface area contributed by atoms with Crippen molar-refractivity contribution in [2.75, 3.05) is 6.54 Å². The zero-order valence-corrected chi connectivity index (χ0v) is 12.1. The van der Waals surface area contributed by atoms with Gasteiger partial charge < -0.3 is 0 Å². The standard InChI is InChI=1S/C16H17NO2S/c1-14-8-5-6-12-16(14)20(18,19)17-13-7-11-15-9-3-2-4-10-15/h2-12,17H,13H2,1H3. The monoisotopic (exact) mass is 287 g/mol. The minimum Gasteiger partial charge on any atom is -0.207 e. The van der Waals surface area contributed by atoms with Crippen LogP contribution in [0.5, 0.6) is 0 Å². The van der Waals surface area contributed by atoms with Gasteiger partial charge in [0.15, 0.2) is 0 Å². The lowest BCUT2D eigenvalue weighted by molar-refractivity contribution is 0.585. The van der Waals surface area contributed by atoms with Gasteiger partial charge in [0.05, 0.1) is 4.90 Å². The average molecular weight is 287 g/mol. The molecule has 0 bridgehead atoms. The number of sulfonamides is 1. The van der Waals surface area contributed by atoms with Crippen LogP contribution in [0.4, 0.5) is 0 Å². The normalized spacial score (nSPS) is 11.8. The van der Waals surface area contributed by atoms with Crippen molar-refractivity contribution < 1.29 is 8.42 Å². The first-order valence-electron chi connectivity index (χ1n) is 6.36. The van der Waals surface area contributed by atoms with E-state index in [9.17, 15) is 8.42 Å². The second kappa shape index (κ2) is 6.50. The average Bonchev–Trinajstić information content (AvgIpc) is 2.45. The topological polar surface area (TPSA) is 46.2 Å². The van der Waals surface area contributed by atoms with Gasteiger partial charge in [-0.3, -0.25) is 0 Å². The fourth-order valence-electron chi connectivity index (χ4n) is 1.85. The predicted molar refractivity (Wildman–Crippen MR) is 81.8 cm³/mol. The maximum atomic E-state index is 12.1. The van der Waals surface area contributed by atoms with Crippen molar-refractivity contribution >= 4 is 16.1 Å². The molecule has 104 valence electrons. The summed E-state index contributed by atoms with van der Waals surface area (Å²) in [7, 11) is -3.45. The van der Waals surface area contributed by atoms with Gasteiger partial charge in [0.1, 0.15) is 0 Å². The van der Waals surface area contributed by atoms with Crippen LogP contribution in [-0.4, -0.2) is 15.0 Å². The van der Waals surface area contributed by atoms with Crippen molar-refractivity contribution in [3.63, 3.8) is 0 Å². The molecule has 2 aromatic rings. The fourth-order valence-corrected chi connectivity index (χ4v) is 3.07. The van der Waals surface area contributed by atoms with E-state index < -0.39 is 10.0 Å². The van der Waals surface area contributed by atoms with E-state index in [2.05, 4.69) is 4.72 Å². The first kappa shape index (κ1) is 14.5. The maximum Gasteiger partial charge on any atom is 0.241 e. The molecule has 0 fully saturated rings. The van der Waals surface area contributed by atoms with E-state index in [1.165, 1.54) is 0 Å². The molecule has 0 atom stereocenters. The Morgan fingerprint density at radius 2 is 1.65 bits per heavy atom. The van der Waals surface area contributed by atoms with E-state index in [0.29, 0.717) is 4.90 Å². The Hall–Kier alpha value is -1.91. The lowest BCUT2D eigenvalue weighted by atomic mass is 10.2. The number of aryl methyl sites for hydroxylation is 1. The van der Waals surface area contributed by atoms with Gasteiger partial charge >= 0.3 is 0 Å². The van der Waals surface area contributed by atoms with Gasteiger partial charge in [-0.25, -0.2) is 13.1 Å². The molecular weight excluding hydrogens is 270 g/mol. The van der Waals surface area contributed by atoms with E-state index >= 15 is 0 Å². The fraction of sp³-hybridized carbons (Fsp3) is 0.125. The Balaban J connectivity index is 2.00. The summed E-state index contributed by atoms with van der Waals surface area (Å²) < 4.78 is 26.8. The molecule has 0 amide bonds. The van der Waals surface area contributed by atoms with Crippen LogP contribution in [0.1, 0.15) is 11.1 Å². The van der Waals surface area contributed by atoms with Crippen LogP contribution in [0.3, 0.4) is 0 Å². The highest BCUT2D eigenvalue weighted by Crippen LogP contribution is 2.13. The quantitative estimate of drug-likeness (QED) is 0.919. The number of benzene rings is 2. The highest BCUT2D eigenvalue weighted by Gasteiger charge is 2.14. The molecule has 0 heterocycles. The van der Waals surface area contributed by atoms with Crippen LogP contribution in [0.2, 0.25) is 0 Å². The van der Waals surface area contributed by atoms with Gasteiger partial charge in [0.2, 0.25) is 10.0 Å². The summed E-state index contributed by atoms with van der Waals surface area (Å²) in [6, 6.07) is 16.7. The van der Waals surface area contributed by atoms with Gasteiger partial charge in [-0.2, -0.15) is 0 Å². The highest BCUT2D eigenvalue weighted by atomic mass is 32.2. The summed E-state index contributed by atoms with van der Waals surface area (Å²) in [4.78, 5) is 0.327. The zero-order valence-electron chi connectivity index (χ0n) is 11.3. The summed E-state index contributed by atoms with van der Waals surface area (Å²) in [6.07, 6.45) is 3.69. The first-order valence-corrected chi connectivity index (χ1v) is 7.85. The first-order chi connectivity index (χ1) is 9.59. The lowest BCUT2D eigenvalue weighted by Gasteiger charge is -2.07. The van der Waals surface area contributed by atoms with E-state index in [-0.39, 0.29) is 6.54 Å². The van der Waals surface area contributed by atoms with E-state index in [1.807, 2.05) is 42.5 Å². The number of hydrogen-bond donors (Lipinski definition) is 1. The van der Waals surface area contributed by atoms with Crippen molar-refractivity contribution in [2.24, 2.45) is 0 Å². The summed E-state index contributed by atoms with van der Waals surface area (Å²) in [5.74, 6) is 0. The smallest absolute Gasteiger partial charge is 0.207 e. The zero-order chi connectivity index (χ0) is 14.4. The van der Waals surface area contributed by atoms with E-state index in [0.717, 1.165) is 11.1 Å². The van der Waals surface area contributed by atoms with Crippen molar-refractivity contribution in [3.05, 3.63) is 71.8 Å². The molecule has 2 aromatic carbocycles. The lowest BCUT2D eigenvalue weighted by Crippen LogP contribution is -2.24. The molecule has 0 aliphatic carbocycles. The van der Waals surface area contributed by atoms with Crippen LogP contribution in [0, 0.1) is 6.92 Å². The molecule has 1 N–H and O–H groups in total. The van der Waals surface area contributed by atoms with Gasteiger partial charge in [-0.15, -0.1) is 0 Å². The minimum absolute atomic E-state index is 0.269. The third-order valence-electron chi connectivity index (χ3n) is 2.88. The minimum atomic E-state index is -3.45. The predicted octanol–water partition coefficient (Wildman–Crippen LogP) is 2.99. The van der Waals surface area contributed by atoms with Crippen LogP contribution >= 0.6 is 0 Å². The van der Waals surface area contributed by atoms with Crippen molar-refractivity contribution in [1.29, 1.82) is 0 Å². The molecule has 2 rings (SSSR count). The van der Waals surface area contributed by atoms with E-state index in [4.69, 9.17) is 0 Å². The van der Waals surface area contributed by atoms with Crippen molar-refractivity contribution in [3.8, 4) is 0 Å². The van der Waals surface area contributed by atoms with Gasteiger partial charge in [0, 0.05) is 6.54 Å². The Morgan fingerprint density at radius 1 is 1.00 bits per heavy atom. The third-order valence-corrected chi connectivity index (χ3v) is 4.47. The molecule has 0 radical (unpaired) electrons. The van der Waals surface area contributed by atoms with Crippen LogP contribution in [0.25, 0.3) is 6.08 Å². The Kier molecular flexibility index (Phi) is 4.71. The second-order valence-corrected chi connectivity index (χ2v) is 6.17. The Bertz CT molecular complexity index is 691. The molecular formula is C16H17NO2S. The highest BCUT2D eigenvalue weighted by molar-refractivity contribution is 7.89. The summed E-state index contributed by atoms with van der Waals surface area (Å²) in [5.41, 5.74) is 1.79. The van der Waals surface area contributed by atoms with Crippen LogP contribution in [0.15, 0.2) is 65.6 Å². The van der Waals surface area contributed by atoms with Crippen molar-refractivity contribution in [2.45, 2.75) is 11.8 Å². The largest absolute Gasteiger partial charge is 0.241 e.